The Hall–Kier alpha value is -1.94. The fourth-order valence-corrected chi connectivity index (χ4v) is 2.87. The summed E-state index contributed by atoms with van der Waals surface area (Å²) in [6.07, 6.45) is 3.73. The van der Waals surface area contributed by atoms with E-state index < -0.39 is 22.5 Å². The second-order valence-corrected chi connectivity index (χ2v) is 6.15. The van der Waals surface area contributed by atoms with Crippen molar-refractivity contribution in [3.8, 4) is 0 Å². The van der Waals surface area contributed by atoms with Gasteiger partial charge in [-0.05, 0) is 28.1 Å². The number of pyridine rings is 1. The maximum absolute atomic E-state index is 12.1. The summed E-state index contributed by atoms with van der Waals surface area (Å²) in [7, 11) is -3.85. The van der Waals surface area contributed by atoms with Crippen LogP contribution in [0.5, 0.6) is 0 Å². The van der Waals surface area contributed by atoms with Gasteiger partial charge in [0.05, 0.1) is 11.9 Å². The molecule has 0 amide bonds. The maximum Gasteiger partial charge on any atom is 0.325 e. The quantitative estimate of drug-likeness (QED) is 0.766. The van der Waals surface area contributed by atoms with Gasteiger partial charge in [0.2, 0.25) is 0 Å². The van der Waals surface area contributed by atoms with Gasteiger partial charge in [0, 0.05) is 12.4 Å². The molecule has 2 N–H and O–H groups in total. The smallest absolute Gasteiger partial charge is 0.325 e. The van der Waals surface area contributed by atoms with Crippen molar-refractivity contribution in [3.05, 3.63) is 35.3 Å². The second kappa shape index (κ2) is 5.59. The van der Waals surface area contributed by atoms with Gasteiger partial charge in [0.1, 0.15) is 16.0 Å². The van der Waals surface area contributed by atoms with Gasteiger partial charge >= 0.3 is 5.97 Å². The summed E-state index contributed by atoms with van der Waals surface area (Å²) in [6, 6.07) is 3.12. The minimum absolute atomic E-state index is 0.130. The number of nitrogens with zero attached hydrogens (tertiary/aromatic N) is 3. The first-order chi connectivity index (χ1) is 9.38. The normalized spacial score (nSPS) is 11.2. The van der Waals surface area contributed by atoms with Crippen molar-refractivity contribution >= 4 is 37.6 Å². The molecule has 0 aromatic carbocycles. The molecular weight excluding hydrogens is 352 g/mol. The summed E-state index contributed by atoms with van der Waals surface area (Å²) in [5.41, 5.74) is 0.276. The van der Waals surface area contributed by atoms with Gasteiger partial charge in [-0.1, -0.05) is 0 Å². The summed E-state index contributed by atoms with van der Waals surface area (Å²) in [5.74, 6) is -1.11. The number of carbonyl (C=O) groups is 1. The van der Waals surface area contributed by atoms with Crippen LogP contribution in [0, 0.1) is 0 Å². The number of hydrogen-bond donors (Lipinski definition) is 2. The number of aliphatic carboxylic acids is 1. The van der Waals surface area contributed by atoms with E-state index in [2.05, 4.69) is 30.7 Å². The number of carboxylic acids is 1. The third kappa shape index (κ3) is 3.33. The van der Waals surface area contributed by atoms with Gasteiger partial charge in [0.25, 0.3) is 10.0 Å². The van der Waals surface area contributed by atoms with Crippen LogP contribution in [0.4, 0.5) is 5.69 Å². The van der Waals surface area contributed by atoms with Crippen molar-refractivity contribution in [1.29, 1.82) is 0 Å². The lowest BCUT2D eigenvalue weighted by molar-refractivity contribution is -0.137. The van der Waals surface area contributed by atoms with Crippen molar-refractivity contribution in [2.24, 2.45) is 0 Å². The van der Waals surface area contributed by atoms with Crippen molar-refractivity contribution in [2.75, 3.05) is 4.72 Å². The zero-order valence-corrected chi connectivity index (χ0v) is 12.3. The van der Waals surface area contributed by atoms with E-state index in [-0.39, 0.29) is 10.6 Å². The molecule has 0 radical (unpaired) electrons. The number of hydrogen-bond acceptors (Lipinski definition) is 5. The minimum atomic E-state index is -3.85. The van der Waals surface area contributed by atoms with Crippen LogP contribution >= 0.6 is 15.9 Å². The van der Waals surface area contributed by atoms with Gasteiger partial charge in [-0.25, -0.2) is 13.4 Å². The van der Waals surface area contributed by atoms with E-state index in [0.29, 0.717) is 4.60 Å². The molecule has 0 spiro atoms. The first-order valence-corrected chi connectivity index (χ1v) is 7.54. The molecule has 0 saturated carbocycles. The van der Waals surface area contributed by atoms with E-state index in [9.17, 15) is 13.2 Å². The Morgan fingerprint density at radius 2 is 2.25 bits per heavy atom. The van der Waals surface area contributed by atoms with E-state index in [0.717, 1.165) is 17.1 Å². The first-order valence-electron chi connectivity index (χ1n) is 5.26. The number of carboxylic acid groups (broad SMARTS) is 1. The fraction of sp³-hybridized carbons (Fsp3) is 0.100. The van der Waals surface area contributed by atoms with E-state index in [1.165, 1.54) is 12.3 Å². The summed E-state index contributed by atoms with van der Waals surface area (Å²) in [4.78, 5) is 14.3. The highest BCUT2D eigenvalue weighted by Crippen LogP contribution is 2.22. The van der Waals surface area contributed by atoms with Gasteiger partial charge in [-0.2, -0.15) is 5.10 Å². The fourth-order valence-electron chi connectivity index (χ4n) is 1.37. The molecule has 2 rings (SSSR count). The van der Waals surface area contributed by atoms with Crippen LogP contribution in [0.3, 0.4) is 0 Å². The van der Waals surface area contributed by atoms with Crippen molar-refractivity contribution in [3.63, 3.8) is 0 Å². The lowest BCUT2D eigenvalue weighted by atomic mass is 10.4. The van der Waals surface area contributed by atoms with Crippen molar-refractivity contribution in [1.82, 2.24) is 14.8 Å². The van der Waals surface area contributed by atoms with E-state index in [1.807, 2.05) is 0 Å². The highest BCUT2D eigenvalue weighted by Gasteiger charge is 2.18. The molecule has 0 aliphatic rings. The molecule has 0 saturated heterocycles. The molecule has 0 aliphatic heterocycles. The summed E-state index contributed by atoms with van der Waals surface area (Å²) in [5, 5.41) is 12.3. The molecule has 0 bridgehead atoms. The third-order valence-electron chi connectivity index (χ3n) is 2.22. The Balaban J connectivity index is 2.25. The molecule has 106 valence electrons. The first kappa shape index (κ1) is 14.5. The molecule has 20 heavy (non-hydrogen) atoms. The topological polar surface area (TPSA) is 114 Å². The Kier molecular flexibility index (Phi) is 4.04. The molecular formula is C10H9BrN4O4S. The van der Waals surface area contributed by atoms with E-state index in [4.69, 9.17) is 5.11 Å². The summed E-state index contributed by atoms with van der Waals surface area (Å²) in [6.45, 7) is -0.411. The van der Waals surface area contributed by atoms with Gasteiger partial charge in [-0.15, -0.1) is 0 Å². The number of rotatable bonds is 5. The zero-order valence-electron chi connectivity index (χ0n) is 9.89. The highest BCUT2D eigenvalue weighted by molar-refractivity contribution is 9.10. The standard InChI is InChI=1S/C10H9BrN4O4S/c11-10-8(2-1-3-12-10)14-20(18,19)7-4-13-15(5-7)6-9(16)17/h1-5,14H,6H2,(H,16,17). The Labute approximate surface area is 122 Å². The number of halogens is 1. The molecule has 0 fully saturated rings. The average molecular weight is 361 g/mol. The van der Waals surface area contributed by atoms with Gasteiger partial charge < -0.3 is 5.11 Å². The van der Waals surface area contributed by atoms with Crippen LogP contribution in [0.1, 0.15) is 0 Å². The van der Waals surface area contributed by atoms with Gasteiger partial charge in [-0.3, -0.25) is 14.2 Å². The largest absolute Gasteiger partial charge is 0.480 e. The number of aromatic nitrogens is 3. The highest BCUT2D eigenvalue weighted by atomic mass is 79.9. The maximum atomic E-state index is 12.1. The van der Waals surface area contributed by atoms with E-state index in [1.54, 1.807) is 6.07 Å². The van der Waals surface area contributed by atoms with Crippen LogP contribution in [-0.4, -0.2) is 34.3 Å². The van der Waals surface area contributed by atoms with Crippen LogP contribution in [0.25, 0.3) is 0 Å². The van der Waals surface area contributed by atoms with Crippen LogP contribution in [0.15, 0.2) is 40.2 Å². The predicted molar refractivity (Wildman–Crippen MR) is 72.6 cm³/mol. The number of anilines is 1. The van der Waals surface area contributed by atoms with E-state index >= 15 is 0 Å². The Bertz CT molecular complexity index is 743. The molecule has 0 unspecified atom stereocenters. The Morgan fingerprint density at radius 3 is 2.90 bits per heavy atom. The molecule has 2 heterocycles. The lowest BCUT2D eigenvalue weighted by Crippen LogP contribution is -2.13. The van der Waals surface area contributed by atoms with Crippen LogP contribution < -0.4 is 4.72 Å². The molecule has 8 nitrogen and oxygen atoms in total. The number of nitrogens with one attached hydrogen (secondary N) is 1. The summed E-state index contributed by atoms with van der Waals surface area (Å²) < 4.78 is 27.9. The monoisotopic (exact) mass is 360 g/mol. The zero-order chi connectivity index (χ0) is 14.8. The lowest BCUT2D eigenvalue weighted by Gasteiger charge is -2.06. The van der Waals surface area contributed by atoms with Gasteiger partial charge in [0.15, 0.2) is 0 Å². The third-order valence-corrected chi connectivity index (χ3v) is 4.17. The molecule has 2 aromatic heterocycles. The number of sulfonamides is 1. The molecule has 0 atom stereocenters. The average Bonchev–Trinajstić information content (AvgIpc) is 2.80. The molecule has 10 heteroatoms. The van der Waals surface area contributed by atoms with Crippen molar-refractivity contribution in [2.45, 2.75) is 11.4 Å². The minimum Gasteiger partial charge on any atom is -0.480 e. The predicted octanol–water partition coefficient (Wildman–Crippen LogP) is 0.926. The SMILES string of the molecule is O=C(O)Cn1cc(S(=O)(=O)Nc2cccnc2Br)cn1. The molecule has 0 aliphatic carbocycles. The second-order valence-electron chi connectivity index (χ2n) is 3.71. The Morgan fingerprint density at radius 1 is 1.50 bits per heavy atom. The van der Waals surface area contributed by atoms with Crippen molar-refractivity contribution < 1.29 is 18.3 Å². The summed E-state index contributed by atoms with van der Waals surface area (Å²) >= 11 is 3.12. The molecule has 2 aromatic rings. The van der Waals surface area contributed by atoms with Crippen LogP contribution in [0.2, 0.25) is 0 Å². The van der Waals surface area contributed by atoms with Crippen LogP contribution in [-0.2, 0) is 21.4 Å².